The van der Waals surface area contributed by atoms with Gasteiger partial charge < -0.3 is 0 Å². The molecule has 0 spiro atoms. The number of carbonyl (C=O) groups is 1. The molecule has 0 fully saturated rings. The number of hydrogen-bond donors (Lipinski definition) is 0. The van der Waals surface area contributed by atoms with Crippen molar-refractivity contribution in [2.45, 2.75) is 33.1 Å². The van der Waals surface area contributed by atoms with Crippen LogP contribution in [0.5, 0.6) is 0 Å². The summed E-state index contributed by atoms with van der Waals surface area (Å²) in [5.41, 5.74) is 1.15. The lowest BCUT2D eigenvalue weighted by Crippen LogP contribution is -2.16. The number of rotatable bonds is 4. The molecule has 0 aliphatic carbocycles. The first-order valence-corrected chi connectivity index (χ1v) is 5.22. The van der Waals surface area contributed by atoms with Crippen LogP contribution in [0.1, 0.15) is 38.7 Å². The van der Waals surface area contributed by atoms with E-state index in [4.69, 9.17) is 0 Å². The molecule has 1 aromatic rings. The zero-order chi connectivity index (χ0) is 10.6. The van der Waals surface area contributed by atoms with Crippen molar-refractivity contribution in [3.63, 3.8) is 0 Å². The van der Waals surface area contributed by atoms with Crippen molar-refractivity contribution in [3.8, 4) is 0 Å². The van der Waals surface area contributed by atoms with E-state index >= 15 is 0 Å². The lowest BCUT2D eigenvalue weighted by Gasteiger charge is -2.20. The summed E-state index contributed by atoms with van der Waals surface area (Å²) in [6.07, 6.45) is 1.04. The summed E-state index contributed by atoms with van der Waals surface area (Å²) < 4.78 is 0. The van der Waals surface area contributed by atoms with Crippen LogP contribution in [0.25, 0.3) is 0 Å². The van der Waals surface area contributed by atoms with Crippen LogP contribution in [0, 0.1) is 5.92 Å². The van der Waals surface area contributed by atoms with Gasteiger partial charge in [-0.3, -0.25) is 4.79 Å². The van der Waals surface area contributed by atoms with Crippen molar-refractivity contribution in [1.29, 1.82) is 0 Å². The van der Waals surface area contributed by atoms with Gasteiger partial charge in [-0.1, -0.05) is 50.6 Å². The summed E-state index contributed by atoms with van der Waals surface area (Å²) in [6.45, 7) is 5.95. The normalized spacial score (nSPS) is 14.8. The van der Waals surface area contributed by atoms with Crippen molar-refractivity contribution in [3.05, 3.63) is 35.9 Å². The van der Waals surface area contributed by atoms with Crippen molar-refractivity contribution >= 4 is 5.78 Å². The summed E-state index contributed by atoms with van der Waals surface area (Å²) >= 11 is 0. The molecule has 0 aliphatic heterocycles. The lowest BCUT2D eigenvalue weighted by atomic mass is 9.83. The molecule has 0 heterocycles. The van der Waals surface area contributed by atoms with E-state index in [1.165, 1.54) is 0 Å². The van der Waals surface area contributed by atoms with Gasteiger partial charge in [-0.2, -0.15) is 0 Å². The Kier molecular flexibility index (Phi) is 3.87. The van der Waals surface area contributed by atoms with E-state index in [9.17, 15) is 4.79 Å². The standard InChI is InChI=1S/C13H18O/c1-4-10(2)13(11(3)14)12-8-6-5-7-9-12/h5-10,13H,4H2,1-3H3. The number of Topliss-reactive ketones (excluding diaryl/α,β-unsaturated/α-hetero) is 1. The van der Waals surface area contributed by atoms with E-state index in [0.29, 0.717) is 5.92 Å². The van der Waals surface area contributed by atoms with E-state index < -0.39 is 0 Å². The van der Waals surface area contributed by atoms with Gasteiger partial charge in [0.1, 0.15) is 5.78 Å². The number of hydrogen-bond acceptors (Lipinski definition) is 1. The van der Waals surface area contributed by atoms with E-state index in [0.717, 1.165) is 12.0 Å². The van der Waals surface area contributed by atoms with Crippen LogP contribution >= 0.6 is 0 Å². The highest BCUT2D eigenvalue weighted by atomic mass is 16.1. The lowest BCUT2D eigenvalue weighted by molar-refractivity contribution is -0.119. The quantitative estimate of drug-likeness (QED) is 0.711. The van der Waals surface area contributed by atoms with Crippen LogP contribution in [0.15, 0.2) is 30.3 Å². The van der Waals surface area contributed by atoms with Crippen LogP contribution in [0.4, 0.5) is 0 Å². The summed E-state index contributed by atoms with van der Waals surface area (Å²) in [6, 6.07) is 10.1. The molecule has 0 amide bonds. The van der Waals surface area contributed by atoms with Crippen LogP contribution in [-0.2, 0) is 4.79 Å². The largest absolute Gasteiger partial charge is 0.299 e. The summed E-state index contributed by atoms with van der Waals surface area (Å²) in [5, 5.41) is 0. The third kappa shape index (κ3) is 2.44. The predicted octanol–water partition coefficient (Wildman–Crippen LogP) is 3.41. The molecule has 1 heteroatoms. The predicted molar refractivity (Wildman–Crippen MR) is 59.3 cm³/mol. The molecule has 0 saturated carbocycles. The molecule has 0 aliphatic rings. The Bertz CT molecular complexity index is 289. The van der Waals surface area contributed by atoms with Gasteiger partial charge in [-0.15, -0.1) is 0 Å². The molecule has 0 bridgehead atoms. The van der Waals surface area contributed by atoms with Gasteiger partial charge in [-0.05, 0) is 18.4 Å². The molecule has 0 radical (unpaired) electrons. The first-order chi connectivity index (χ1) is 6.66. The molecule has 1 aromatic carbocycles. The fourth-order valence-corrected chi connectivity index (χ4v) is 1.86. The number of benzene rings is 1. The van der Waals surface area contributed by atoms with E-state index in [1.54, 1.807) is 6.92 Å². The first kappa shape index (κ1) is 11.0. The highest BCUT2D eigenvalue weighted by molar-refractivity contribution is 5.83. The zero-order valence-electron chi connectivity index (χ0n) is 9.16. The van der Waals surface area contributed by atoms with Crippen LogP contribution in [0.2, 0.25) is 0 Å². The topological polar surface area (TPSA) is 17.1 Å². The SMILES string of the molecule is CCC(C)C(C(C)=O)c1ccccc1. The molecular formula is C13H18O. The van der Waals surface area contributed by atoms with Crippen LogP contribution in [0.3, 0.4) is 0 Å². The van der Waals surface area contributed by atoms with Gasteiger partial charge in [0, 0.05) is 5.92 Å². The number of ketones is 1. The summed E-state index contributed by atoms with van der Waals surface area (Å²) in [4.78, 5) is 11.5. The van der Waals surface area contributed by atoms with Crippen molar-refractivity contribution in [2.75, 3.05) is 0 Å². The Morgan fingerprint density at radius 1 is 1.29 bits per heavy atom. The van der Waals surface area contributed by atoms with Crippen molar-refractivity contribution in [1.82, 2.24) is 0 Å². The molecule has 1 rings (SSSR count). The molecule has 76 valence electrons. The van der Waals surface area contributed by atoms with Crippen molar-refractivity contribution < 1.29 is 4.79 Å². The molecule has 0 aromatic heterocycles. The Morgan fingerprint density at radius 2 is 1.86 bits per heavy atom. The second-order valence-corrected chi connectivity index (χ2v) is 3.88. The minimum Gasteiger partial charge on any atom is -0.299 e. The monoisotopic (exact) mass is 190 g/mol. The molecule has 2 atom stereocenters. The molecule has 14 heavy (non-hydrogen) atoms. The minimum atomic E-state index is 0.0706. The third-order valence-electron chi connectivity index (χ3n) is 2.81. The number of carbonyl (C=O) groups excluding carboxylic acids is 1. The maximum Gasteiger partial charge on any atom is 0.137 e. The molecule has 0 N–H and O–H groups in total. The average Bonchev–Trinajstić information content (AvgIpc) is 2.19. The highest BCUT2D eigenvalue weighted by Crippen LogP contribution is 2.27. The summed E-state index contributed by atoms with van der Waals surface area (Å²) in [5.74, 6) is 0.765. The smallest absolute Gasteiger partial charge is 0.137 e. The Hall–Kier alpha value is -1.11. The fraction of sp³-hybridized carbons (Fsp3) is 0.462. The first-order valence-electron chi connectivity index (χ1n) is 5.22. The van der Waals surface area contributed by atoms with Crippen LogP contribution < -0.4 is 0 Å². The fourth-order valence-electron chi connectivity index (χ4n) is 1.86. The maximum atomic E-state index is 11.5. The van der Waals surface area contributed by atoms with E-state index in [2.05, 4.69) is 13.8 Å². The van der Waals surface area contributed by atoms with Gasteiger partial charge in [0.05, 0.1) is 0 Å². The Balaban J connectivity index is 2.95. The second kappa shape index (κ2) is 4.94. The minimum absolute atomic E-state index is 0.0706. The van der Waals surface area contributed by atoms with Crippen molar-refractivity contribution in [2.24, 2.45) is 5.92 Å². The molecule has 0 saturated heterocycles. The van der Waals surface area contributed by atoms with Gasteiger partial charge in [0.2, 0.25) is 0 Å². The highest BCUT2D eigenvalue weighted by Gasteiger charge is 2.21. The van der Waals surface area contributed by atoms with Gasteiger partial charge in [-0.25, -0.2) is 0 Å². The third-order valence-corrected chi connectivity index (χ3v) is 2.81. The molecular weight excluding hydrogens is 172 g/mol. The zero-order valence-corrected chi connectivity index (χ0v) is 9.16. The van der Waals surface area contributed by atoms with E-state index in [1.807, 2.05) is 30.3 Å². The average molecular weight is 190 g/mol. The second-order valence-electron chi connectivity index (χ2n) is 3.88. The van der Waals surface area contributed by atoms with Gasteiger partial charge >= 0.3 is 0 Å². The Labute approximate surface area is 86.1 Å². The van der Waals surface area contributed by atoms with E-state index in [-0.39, 0.29) is 11.7 Å². The Morgan fingerprint density at radius 3 is 2.29 bits per heavy atom. The molecule has 1 nitrogen and oxygen atoms in total. The van der Waals surface area contributed by atoms with Gasteiger partial charge in [0.25, 0.3) is 0 Å². The van der Waals surface area contributed by atoms with Crippen LogP contribution in [-0.4, -0.2) is 5.78 Å². The molecule has 2 unspecified atom stereocenters. The summed E-state index contributed by atoms with van der Waals surface area (Å²) in [7, 11) is 0. The maximum absolute atomic E-state index is 11.5. The van der Waals surface area contributed by atoms with Gasteiger partial charge in [0.15, 0.2) is 0 Å².